The lowest BCUT2D eigenvalue weighted by atomic mass is 9.49. The van der Waals surface area contributed by atoms with Crippen molar-refractivity contribution in [1.82, 2.24) is 5.32 Å². The Bertz CT molecular complexity index is 906. The quantitative estimate of drug-likeness (QED) is 0.589. The number of aryl methyl sites for hydroxylation is 1. The molecule has 0 aromatic heterocycles. The minimum Gasteiger partial charge on any atom is -0.337 e. The Morgan fingerprint density at radius 2 is 1.87 bits per heavy atom. The third-order valence-corrected chi connectivity index (χ3v) is 7.85. The summed E-state index contributed by atoms with van der Waals surface area (Å²) in [4.78, 5) is 12.5. The zero-order valence-electron chi connectivity index (χ0n) is 18.9. The predicted octanol–water partition coefficient (Wildman–Crippen LogP) is 6.64. The summed E-state index contributed by atoms with van der Waals surface area (Å²) in [6, 6.07) is 16.8. The third-order valence-electron chi connectivity index (χ3n) is 7.85. The normalized spacial score (nSPS) is 27.8. The maximum Gasteiger partial charge on any atom is 0.319 e. The van der Waals surface area contributed by atoms with E-state index < -0.39 is 0 Å². The molecule has 3 nitrogen and oxygen atoms in total. The molecule has 0 spiro atoms. The molecule has 0 saturated heterocycles. The molecule has 160 valence electrons. The van der Waals surface area contributed by atoms with E-state index in [2.05, 4.69) is 56.5 Å². The minimum atomic E-state index is -0.104. The fourth-order valence-electron chi connectivity index (χ4n) is 6.19. The molecule has 0 bridgehead atoms. The minimum absolute atomic E-state index is 0.104. The molecule has 2 aromatic rings. The van der Waals surface area contributed by atoms with Crippen molar-refractivity contribution in [3.8, 4) is 0 Å². The number of rotatable bonds is 4. The first-order valence-electron chi connectivity index (χ1n) is 11.5. The van der Waals surface area contributed by atoms with Crippen LogP contribution < -0.4 is 10.6 Å². The Hall–Kier alpha value is -2.29. The Kier molecular flexibility index (Phi) is 5.65. The number of hydrogen-bond acceptors (Lipinski definition) is 1. The zero-order valence-corrected chi connectivity index (χ0v) is 18.9. The average molecular weight is 405 g/mol. The largest absolute Gasteiger partial charge is 0.337 e. The topological polar surface area (TPSA) is 41.1 Å². The molecular formula is C27H36N2O. The lowest BCUT2D eigenvalue weighted by molar-refractivity contribution is 0.0281. The number of fused-ring (bicyclic) bond motifs is 3. The number of carbonyl (C=O) groups excluding carboxylic acids is 1. The van der Waals surface area contributed by atoms with Crippen molar-refractivity contribution >= 4 is 11.7 Å². The summed E-state index contributed by atoms with van der Waals surface area (Å²) in [6.45, 7) is 10.2. The molecule has 1 saturated carbocycles. The highest BCUT2D eigenvalue weighted by atomic mass is 16.2. The average Bonchev–Trinajstić information content (AvgIpc) is 2.72. The van der Waals surface area contributed by atoms with Gasteiger partial charge in [-0.15, -0.1) is 0 Å². The Balaban J connectivity index is 1.51. The summed E-state index contributed by atoms with van der Waals surface area (Å²) in [7, 11) is 0. The van der Waals surface area contributed by atoms with E-state index in [9.17, 15) is 4.79 Å². The van der Waals surface area contributed by atoms with E-state index in [4.69, 9.17) is 0 Å². The maximum atomic E-state index is 12.5. The van der Waals surface area contributed by atoms with Crippen molar-refractivity contribution in [3.05, 3.63) is 65.2 Å². The fraction of sp³-hybridized carbons (Fsp3) is 0.519. The van der Waals surface area contributed by atoms with Crippen LogP contribution in [0.3, 0.4) is 0 Å². The summed E-state index contributed by atoms with van der Waals surface area (Å²) in [5.74, 6) is 1.16. The van der Waals surface area contributed by atoms with Crippen LogP contribution in [-0.4, -0.2) is 12.6 Å². The van der Waals surface area contributed by atoms with Gasteiger partial charge in [0.15, 0.2) is 0 Å². The predicted molar refractivity (Wildman–Crippen MR) is 125 cm³/mol. The van der Waals surface area contributed by atoms with Crippen LogP contribution in [0.2, 0.25) is 0 Å². The fourth-order valence-corrected chi connectivity index (χ4v) is 6.19. The number of carbonyl (C=O) groups is 1. The molecule has 2 aliphatic carbocycles. The standard InChI is InChI=1S/C27H36N2O/c1-19(2)20-11-13-23-21(17-20)12-14-24-26(3,15-8-16-27(23,24)4)18-28-25(30)29-22-9-6-5-7-10-22/h5-7,9-11,13,17,19,24H,8,12,14-16,18H2,1-4H3,(H2,28,29,30)/t24-,26+,27-/m1/s1. The lowest BCUT2D eigenvalue weighted by Crippen LogP contribution is -2.53. The van der Waals surface area contributed by atoms with Gasteiger partial charge in [0, 0.05) is 12.2 Å². The highest BCUT2D eigenvalue weighted by Gasteiger charge is 2.51. The van der Waals surface area contributed by atoms with E-state index in [1.165, 1.54) is 31.2 Å². The van der Waals surface area contributed by atoms with E-state index in [0.717, 1.165) is 18.7 Å². The van der Waals surface area contributed by atoms with Crippen LogP contribution in [0.1, 0.15) is 76.0 Å². The van der Waals surface area contributed by atoms with Gasteiger partial charge in [-0.2, -0.15) is 0 Å². The molecule has 3 atom stereocenters. The van der Waals surface area contributed by atoms with E-state index in [0.29, 0.717) is 11.8 Å². The van der Waals surface area contributed by atoms with Crippen LogP contribution in [-0.2, 0) is 11.8 Å². The monoisotopic (exact) mass is 404 g/mol. The van der Waals surface area contributed by atoms with Crippen molar-refractivity contribution in [3.63, 3.8) is 0 Å². The molecule has 0 radical (unpaired) electrons. The van der Waals surface area contributed by atoms with Crippen LogP contribution in [0.25, 0.3) is 0 Å². The number of hydrogen-bond donors (Lipinski definition) is 2. The van der Waals surface area contributed by atoms with Crippen LogP contribution in [0.5, 0.6) is 0 Å². The summed E-state index contributed by atoms with van der Waals surface area (Å²) < 4.78 is 0. The maximum absolute atomic E-state index is 12.5. The summed E-state index contributed by atoms with van der Waals surface area (Å²) in [6.07, 6.45) is 6.01. The van der Waals surface area contributed by atoms with E-state index in [-0.39, 0.29) is 16.9 Å². The third kappa shape index (κ3) is 3.87. The summed E-state index contributed by atoms with van der Waals surface area (Å²) >= 11 is 0. The van der Waals surface area contributed by atoms with Crippen molar-refractivity contribution in [2.45, 2.75) is 71.1 Å². The van der Waals surface area contributed by atoms with Crippen LogP contribution in [0, 0.1) is 11.3 Å². The molecule has 0 unspecified atom stereocenters. The van der Waals surface area contributed by atoms with Gasteiger partial charge in [-0.05, 0) is 77.2 Å². The number of nitrogens with one attached hydrogen (secondary N) is 2. The smallest absolute Gasteiger partial charge is 0.319 e. The van der Waals surface area contributed by atoms with E-state index in [1.54, 1.807) is 11.1 Å². The molecule has 30 heavy (non-hydrogen) atoms. The van der Waals surface area contributed by atoms with Crippen molar-refractivity contribution < 1.29 is 4.79 Å². The zero-order chi connectivity index (χ0) is 21.4. The van der Waals surface area contributed by atoms with Gasteiger partial charge >= 0.3 is 6.03 Å². The number of amides is 2. The molecule has 3 heteroatoms. The molecule has 0 heterocycles. The molecule has 2 aliphatic rings. The van der Waals surface area contributed by atoms with Crippen molar-refractivity contribution in [2.75, 3.05) is 11.9 Å². The van der Waals surface area contributed by atoms with Crippen LogP contribution in [0.4, 0.5) is 10.5 Å². The van der Waals surface area contributed by atoms with Gasteiger partial charge in [0.1, 0.15) is 0 Å². The second-order valence-electron chi connectivity index (χ2n) is 10.3. The molecule has 0 aliphatic heterocycles. The van der Waals surface area contributed by atoms with Crippen molar-refractivity contribution in [2.24, 2.45) is 11.3 Å². The number of benzene rings is 2. The van der Waals surface area contributed by atoms with Gasteiger partial charge < -0.3 is 10.6 Å². The summed E-state index contributed by atoms with van der Waals surface area (Å²) in [5, 5.41) is 6.15. The van der Waals surface area contributed by atoms with E-state index in [1.807, 2.05) is 30.3 Å². The van der Waals surface area contributed by atoms with Gasteiger partial charge in [-0.1, -0.05) is 70.5 Å². The SMILES string of the molecule is CC(C)c1ccc2c(c1)CC[C@@H]1[C@](C)(CNC(=O)Nc3ccccc3)CCC[C@]21C. The molecule has 2 amide bonds. The number of anilines is 1. The molecule has 4 rings (SSSR count). The first kappa shape index (κ1) is 21.0. The second kappa shape index (κ2) is 8.09. The van der Waals surface area contributed by atoms with Gasteiger partial charge in [0.2, 0.25) is 0 Å². The highest BCUT2D eigenvalue weighted by molar-refractivity contribution is 5.89. The Labute approximate surface area is 181 Å². The molecule has 1 fully saturated rings. The van der Waals surface area contributed by atoms with Gasteiger partial charge in [0.05, 0.1) is 0 Å². The molecule has 2 N–H and O–H groups in total. The Morgan fingerprint density at radius 3 is 2.60 bits per heavy atom. The second-order valence-corrected chi connectivity index (χ2v) is 10.3. The summed E-state index contributed by atoms with van der Waals surface area (Å²) in [5.41, 5.74) is 5.72. The van der Waals surface area contributed by atoms with Crippen molar-refractivity contribution in [1.29, 1.82) is 0 Å². The number of urea groups is 1. The first-order valence-corrected chi connectivity index (χ1v) is 11.5. The van der Waals surface area contributed by atoms with E-state index >= 15 is 0 Å². The van der Waals surface area contributed by atoms with Gasteiger partial charge in [0.25, 0.3) is 0 Å². The lowest BCUT2D eigenvalue weighted by Gasteiger charge is -2.55. The van der Waals surface area contributed by atoms with Gasteiger partial charge in [-0.25, -0.2) is 4.79 Å². The number of para-hydroxylation sites is 1. The first-order chi connectivity index (χ1) is 14.3. The van der Waals surface area contributed by atoms with Crippen LogP contribution in [0.15, 0.2) is 48.5 Å². The van der Waals surface area contributed by atoms with Gasteiger partial charge in [-0.3, -0.25) is 0 Å². The Morgan fingerprint density at radius 1 is 1.10 bits per heavy atom. The molecular weight excluding hydrogens is 368 g/mol. The van der Waals surface area contributed by atoms with Crippen LogP contribution >= 0.6 is 0 Å². The highest BCUT2D eigenvalue weighted by Crippen LogP contribution is 2.57. The molecule has 2 aromatic carbocycles.